The molecule has 26 nitrogen and oxygen atoms in total. The average Bonchev–Trinajstić information content (AvgIpc) is 3.72. The third kappa shape index (κ3) is 22.9. The van der Waals surface area contributed by atoms with Gasteiger partial charge in [-0.05, 0) is 49.5 Å². The van der Waals surface area contributed by atoms with E-state index >= 15 is 4.39 Å². The molecule has 0 aliphatic carbocycles. The molecule has 2 rings (SSSR count). The van der Waals surface area contributed by atoms with Crippen molar-refractivity contribution in [1.82, 2.24) is 47.4 Å². The Morgan fingerprint density at radius 2 is 1.12 bits per heavy atom. The van der Waals surface area contributed by atoms with Crippen LogP contribution in [0.1, 0.15) is 105 Å². The summed E-state index contributed by atoms with van der Waals surface area (Å²) in [7, 11) is 0. The third-order valence-corrected chi connectivity index (χ3v) is 11.6. The van der Waals surface area contributed by atoms with E-state index in [9.17, 15) is 77.6 Å². The van der Waals surface area contributed by atoms with Gasteiger partial charge in [-0.1, -0.05) is 65.0 Å². The van der Waals surface area contributed by atoms with E-state index in [1.54, 1.807) is 58.0 Å². The number of primary amides is 1. The van der Waals surface area contributed by atoms with Crippen molar-refractivity contribution in [1.29, 1.82) is 0 Å². The summed E-state index contributed by atoms with van der Waals surface area (Å²) in [6, 6.07) is -3.56. The molecular formula is C48H71FN10O16. The number of nitrogens with two attached hydrogens (primary N) is 1. The monoisotopic (exact) mass is 1060 g/mol. The first-order chi connectivity index (χ1) is 35.1. The number of carboxylic acids is 3. The lowest BCUT2D eigenvalue weighted by molar-refractivity contribution is -0.146. The van der Waals surface area contributed by atoms with Gasteiger partial charge in [-0.25, -0.2) is 4.39 Å². The van der Waals surface area contributed by atoms with E-state index in [1.807, 2.05) is 0 Å². The average molecular weight is 1060 g/mol. The minimum Gasteiger partial charge on any atom is -0.481 e. The van der Waals surface area contributed by atoms with Gasteiger partial charge < -0.3 is 68.5 Å². The molecule has 1 aromatic carbocycles. The van der Waals surface area contributed by atoms with Crippen LogP contribution in [0.3, 0.4) is 0 Å². The summed E-state index contributed by atoms with van der Waals surface area (Å²) in [4.78, 5) is 168. The van der Waals surface area contributed by atoms with Crippen molar-refractivity contribution in [3.05, 3.63) is 35.9 Å². The quantitative estimate of drug-likeness (QED) is 0.0367. The number of carboxylic acid groups (broad SMARTS) is 3. The molecule has 1 saturated heterocycles. The van der Waals surface area contributed by atoms with Gasteiger partial charge in [-0.15, -0.1) is 0 Å². The van der Waals surface area contributed by atoms with Crippen molar-refractivity contribution in [3.63, 3.8) is 0 Å². The Labute approximate surface area is 432 Å². The number of carbonyl (C=O) groups is 13. The second-order valence-electron chi connectivity index (χ2n) is 19.0. The number of amides is 10. The van der Waals surface area contributed by atoms with E-state index in [-0.39, 0.29) is 37.5 Å². The summed E-state index contributed by atoms with van der Waals surface area (Å²) in [5, 5.41) is 47.4. The predicted octanol–water partition coefficient (Wildman–Crippen LogP) is -2.11. The topological polar surface area (TPSA) is 408 Å². The molecule has 27 heteroatoms. The molecule has 1 heterocycles. The van der Waals surface area contributed by atoms with Crippen molar-refractivity contribution in [2.45, 2.75) is 160 Å². The lowest BCUT2D eigenvalue weighted by atomic mass is 10.0. The zero-order chi connectivity index (χ0) is 56.7. The van der Waals surface area contributed by atoms with Crippen LogP contribution in [-0.2, 0) is 68.7 Å². The molecule has 1 aromatic rings. The number of aliphatic carboxylic acids is 3. The number of alkyl halides is 1. The number of halogens is 1. The van der Waals surface area contributed by atoms with E-state index in [4.69, 9.17) is 5.73 Å². The Balaban J connectivity index is 2.26. The molecule has 0 aromatic heterocycles. The van der Waals surface area contributed by atoms with E-state index < -0.39 is 183 Å². The van der Waals surface area contributed by atoms with E-state index in [0.717, 1.165) is 6.92 Å². The van der Waals surface area contributed by atoms with Crippen molar-refractivity contribution in [2.24, 2.45) is 17.6 Å². The highest BCUT2D eigenvalue weighted by Crippen LogP contribution is 2.23. The number of carbonyl (C=O) groups excluding carboxylic acids is 10. The fraction of sp³-hybridized carbons (Fsp3) is 0.604. The summed E-state index contributed by atoms with van der Waals surface area (Å²) in [5.74, 6) is -14.1. The zero-order valence-electron chi connectivity index (χ0n) is 42.8. The zero-order valence-corrected chi connectivity index (χ0v) is 42.8. The maximum absolute atomic E-state index is 15.0. The molecule has 75 heavy (non-hydrogen) atoms. The van der Waals surface area contributed by atoms with Crippen LogP contribution in [0, 0.1) is 11.8 Å². The second kappa shape index (κ2) is 31.1. The first-order valence-electron chi connectivity index (χ1n) is 24.4. The van der Waals surface area contributed by atoms with E-state index in [0.29, 0.717) is 10.5 Å². The Morgan fingerprint density at radius 1 is 0.627 bits per heavy atom. The van der Waals surface area contributed by atoms with Crippen LogP contribution < -0.4 is 48.3 Å². The second-order valence-corrected chi connectivity index (χ2v) is 19.0. The number of likely N-dealkylation sites (tertiary alicyclic amines) is 1. The largest absolute Gasteiger partial charge is 0.481 e. The first-order valence-corrected chi connectivity index (χ1v) is 24.4. The number of hydrogen-bond acceptors (Lipinski definition) is 13. The molecular weight excluding hydrogens is 992 g/mol. The van der Waals surface area contributed by atoms with E-state index in [1.165, 1.54) is 6.92 Å². The standard InChI is InChI=1S/C48H71FN10O16/c1-7-29(42(69)51-22-37(61)53-30(13-15-38(62)63)43(70)57-34(19-27-11-9-8-10-12-27)46(73)56-32(41(50)68)17-24(2)3)54-44(71)31(14-16-39(64)65)55-47(74)36-20-28(49)23-59(36)48(75)35(21-40(66)67)58-45(72)33(18-25(4)5)52-26(6)60/h8-12,24-25,28-36H,7,13-23H2,1-6H3,(H2,50,68)(H,51,69)(H,52,60)(H,53,61)(H,54,71)(H,55,74)(H,56,73)(H,57,70)(H,58,72)(H,62,63)(H,64,65)(H,66,67)/t28-,29-,30-,31-,32-,33-,34-,35-,36-/m0/s1. The molecule has 1 aliphatic rings. The molecule has 0 saturated carbocycles. The molecule has 10 amide bonds. The molecule has 416 valence electrons. The summed E-state index contributed by atoms with van der Waals surface area (Å²) in [6.07, 6.45) is -5.93. The van der Waals surface area contributed by atoms with Crippen LogP contribution >= 0.6 is 0 Å². The molecule has 0 unspecified atom stereocenters. The normalized spacial score (nSPS) is 16.8. The Kier molecular flexibility index (Phi) is 26.3. The van der Waals surface area contributed by atoms with Gasteiger partial charge in [0.1, 0.15) is 54.5 Å². The fourth-order valence-electron chi connectivity index (χ4n) is 7.90. The van der Waals surface area contributed by atoms with Gasteiger partial charge in [-0.3, -0.25) is 62.3 Å². The Hall–Kier alpha value is -7.74. The van der Waals surface area contributed by atoms with Crippen LogP contribution in [0.5, 0.6) is 0 Å². The Bertz CT molecular complexity index is 2230. The summed E-state index contributed by atoms with van der Waals surface area (Å²) in [5.41, 5.74) is 6.11. The summed E-state index contributed by atoms with van der Waals surface area (Å²) < 4.78 is 15.0. The van der Waals surface area contributed by atoms with Gasteiger partial charge in [0.25, 0.3) is 0 Å². The van der Waals surface area contributed by atoms with Crippen LogP contribution in [0.2, 0.25) is 0 Å². The number of nitrogens with zero attached hydrogens (tertiary/aromatic N) is 1. The lowest BCUT2D eigenvalue weighted by Gasteiger charge is -2.30. The minimum atomic E-state index is -1.85. The molecule has 1 fully saturated rings. The highest BCUT2D eigenvalue weighted by Gasteiger charge is 2.44. The van der Waals surface area contributed by atoms with Crippen molar-refractivity contribution in [3.8, 4) is 0 Å². The number of nitrogens with one attached hydrogen (secondary N) is 8. The highest BCUT2D eigenvalue weighted by atomic mass is 19.1. The van der Waals surface area contributed by atoms with Crippen LogP contribution in [-0.4, -0.2) is 165 Å². The Morgan fingerprint density at radius 3 is 1.63 bits per heavy atom. The minimum absolute atomic E-state index is 0.0634. The third-order valence-electron chi connectivity index (χ3n) is 11.6. The predicted molar refractivity (Wildman–Crippen MR) is 262 cm³/mol. The molecule has 9 atom stereocenters. The van der Waals surface area contributed by atoms with Gasteiger partial charge in [0.2, 0.25) is 59.1 Å². The molecule has 0 bridgehead atoms. The number of hydrogen-bond donors (Lipinski definition) is 12. The van der Waals surface area contributed by atoms with Gasteiger partial charge in [0, 0.05) is 32.6 Å². The van der Waals surface area contributed by atoms with Gasteiger partial charge in [-0.2, -0.15) is 0 Å². The first kappa shape index (κ1) is 63.4. The number of benzene rings is 1. The molecule has 0 spiro atoms. The van der Waals surface area contributed by atoms with Gasteiger partial charge in [0.05, 0.1) is 19.5 Å². The SMILES string of the molecule is CC[C@H](NC(=O)[C@H](CCC(=O)O)NC(=O)[C@@H]1C[C@H](F)CN1C(=O)[C@H](CC(=O)O)NC(=O)[C@H](CC(C)C)NC(C)=O)C(=O)NCC(=O)N[C@@H](CCC(=O)O)C(=O)N[C@@H](Cc1ccccc1)C(=O)N[C@@H](CC(C)C)C(N)=O. The smallest absolute Gasteiger partial charge is 0.305 e. The summed E-state index contributed by atoms with van der Waals surface area (Å²) in [6.45, 7) is 8.07. The molecule has 13 N–H and O–H groups in total. The van der Waals surface area contributed by atoms with Gasteiger partial charge >= 0.3 is 17.9 Å². The van der Waals surface area contributed by atoms with Gasteiger partial charge in [0.15, 0.2) is 0 Å². The van der Waals surface area contributed by atoms with Crippen molar-refractivity contribution in [2.75, 3.05) is 13.1 Å². The van der Waals surface area contributed by atoms with E-state index in [2.05, 4.69) is 42.5 Å². The summed E-state index contributed by atoms with van der Waals surface area (Å²) >= 11 is 0. The van der Waals surface area contributed by atoms with Crippen molar-refractivity contribution >= 4 is 77.0 Å². The number of rotatable bonds is 32. The van der Waals surface area contributed by atoms with Crippen LogP contribution in [0.15, 0.2) is 30.3 Å². The lowest BCUT2D eigenvalue weighted by Crippen LogP contribution is -2.59. The maximum atomic E-state index is 15.0. The molecule has 1 aliphatic heterocycles. The van der Waals surface area contributed by atoms with Crippen LogP contribution in [0.4, 0.5) is 4.39 Å². The van der Waals surface area contributed by atoms with Crippen LogP contribution in [0.25, 0.3) is 0 Å². The maximum Gasteiger partial charge on any atom is 0.305 e. The fourth-order valence-corrected chi connectivity index (χ4v) is 7.90. The van der Waals surface area contributed by atoms with Crippen molar-refractivity contribution < 1.29 is 82.0 Å². The highest BCUT2D eigenvalue weighted by molar-refractivity contribution is 5.99. The molecule has 0 radical (unpaired) electrons.